The van der Waals surface area contributed by atoms with Gasteiger partial charge in [-0.25, -0.2) is 0 Å². The van der Waals surface area contributed by atoms with Crippen molar-refractivity contribution in [1.82, 2.24) is 5.32 Å². The lowest BCUT2D eigenvalue weighted by Crippen LogP contribution is -2.26. The summed E-state index contributed by atoms with van der Waals surface area (Å²) in [5.74, 6) is 0. The Labute approximate surface area is 96.2 Å². The van der Waals surface area contributed by atoms with Crippen LogP contribution in [0.15, 0.2) is 28.7 Å². The van der Waals surface area contributed by atoms with Gasteiger partial charge < -0.3 is 5.32 Å². The fraction of sp³-hybridized carbons (Fsp3) is 0.400. The highest BCUT2D eigenvalue weighted by molar-refractivity contribution is 9.10. The van der Waals surface area contributed by atoms with Gasteiger partial charge in [0.25, 0.3) is 0 Å². The summed E-state index contributed by atoms with van der Waals surface area (Å²) in [7, 11) is 0. The average Bonchev–Trinajstić information content (AvgIpc) is 2.16. The van der Waals surface area contributed by atoms with Gasteiger partial charge in [-0.2, -0.15) is 0 Å². The Morgan fingerprint density at radius 3 is 2.69 bits per heavy atom. The minimum Gasteiger partial charge on any atom is -0.309 e. The Morgan fingerprint density at radius 1 is 1.38 bits per heavy atom. The van der Waals surface area contributed by atoms with E-state index in [0.717, 1.165) is 11.9 Å². The number of hydrogen-bond acceptors (Lipinski definition) is 1. The highest BCUT2D eigenvalue weighted by Gasteiger charge is 2.00. The van der Waals surface area contributed by atoms with Gasteiger partial charge in [0.05, 0.1) is 0 Å². The van der Waals surface area contributed by atoms with Gasteiger partial charge in [0.2, 0.25) is 0 Å². The average molecular weight is 307 g/mol. The van der Waals surface area contributed by atoms with Gasteiger partial charge in [0, 0.05) is 22.4 Å². The third kappa shape index (κ3) is 3.79. The Kier molecular flexibility index (Phi) is 4.99. The topological polar surface area (TPSA) is 12.0 Å². The predicted octanol–water partition coefficient (Wildman–Crippen LogP) is 3.32. The summed E-state index contributed by atoms with van der Waals surface area (Å²) in [5.41, 5.74) is 1.30. The molecule has 3 heteroatoms. The molecule has 13 heavy (non-hydrogen) atoms. The van der Waals surface area contributed by atoms with Crippen LogP contribution < -0.4 is 5.32 Å². The minimum atomic E-state index is 0.507. The van der Waals surface area contributed by atoms with Crippen molar-refractivity contribution in [1.29, 1.82) is 0 Å². The molecule has 0 saturated heterocycles. The molecule has 1 nitrogen and oxygen atoms in total. The van der Waals surface area contributed by atoms with Crippen molar-refractivity contribution in [2.75, 3.05) is 5.33 Å². The second-order valence-corrected chi connectivity index (χ2v) is 4.53. The Hall–Kier alpha value is 0.140. The van der Waals surface area contributed by atoms with Crippen molar-refractivity contribution in [2.45, 2.75) is 19.5 Å². The molecule has 72 valence electrons. The molecule has 0 fully saturated rings. The summed E-state index contributed by atoms with van der Waals surface area (Å²) in [4.78, 5) is 0. The maximum Gasteiger partial charge on any atom is 0.0220 e. The Morgan fingerprint density at radius 2 is 2.08 bits per heavy atom. The van der Waals surface area contributed by atoms with E-state index in [9.17, 15) is 0 Å². The van der Waals surface area contributed by atoms with Crippen molar-refractivity contribution in [2.24, 2.45) is 0 Å². The second kappa shape index (κ2) is 5.78. The highest BCUT2D eigenvalue weighted by Crippen LogP contribution is 2.15. The van der Waals surface area contributed by atoms with Crippen molar-refractivity contribution in [3.63, 3.8) is 0 Å². The number of benzene rings is 1. The molecule has 0 aromatic heterocycles. The van der Waals surface area contributed by atoms with Gasteiger partial charge in [-0.3, -0.25) is 0 Å². The van der Waals surface area contributed by atoms with E-state index >= 15 is 0 Å². The maximum atomic E-state index is 3.52. The SMILES string of the molecule is CC(CBr)NCc1ccccc1Br. The van der Waals surface area contributed by atoms with E-state index in [1.54, 1.807) is 0 Å². The van der Waals surface area contributed by atoms with E-state index in [0.29, 0.717) is 6.04 Å². The summed E-state index contributed by atoms with van der Waals surface area (Å²) >= 11 is 6.95. The first-order valence-electron chi connectivity index (χ1n) is 4.26. The van der Waals surface area contributed by atoms with E-state index in [1.165, 1.54) is 10.0 Å². The van der Waals surface area contributed by atoms with E-state index in [4.69, 9.17) is 0 Å². The molecule has 0 saturated carbocycles. The number of alkyl halides is 1. The molecule has 0 radical (unpaired) electrons. The first-order chi connectivity index (χ1) is 6.24. The zero-order chi connectivity index (χ0) is 9.68. The lowest BCUT2D eigenvalue weighted by atomic mass is 10.2. The molecular formula is C10H13Br2N. The predicted molar refractivity (Wildman–Crippen MR) is 64.2 cm³/mol. The second-order valence-electron chi connectivity index (χ2n) is 3.03. The molecule has 0 aliphatic rings. The summed E-state index contributed by atoms with van der Waals surface area (Å²) < 4.78 is 1.17. The van der Waals surface area contributed by atoms with Crippen molar-refractivity contribution >= 4 is 31.9 Å². The first kappa shape index (κ1) is 11.2. The van der Waals surface area contributed by atoms with Gasteiger partial charge in [-0.15, -0.1) is 0 Å². The zero-order valence-electron chi connectivity index (χ0n) is 7.56. The van der Waals surface area contributed by atoms with Crippen LogP contribution in [0.2, 0.25) is 0 Å². The van der Waals surface area contributed by atoms with Crippen LogP contribution in [0.25, 0.3) is 0 Å². The molecule has 0 bridgehead atoms. The van der Waals surface area contributed by atoms with E-state index in [1.807, 2.05) is 6.07 Å². The number of halogens is 2. The van der Waals surface area contributed by atoms with Crippen molar-refractivity contribution in [3.05, 3.63) is 34.3 Å². The van der Waals surface area contributed by atoms with Crippen LogP contribution >= 0.6 is 31.9 Å². The highest BCUT2D eigenvalue weighted by atomic mass is 79.9. The van der Waals surface area contributed by atoms with Gasteiger partial charge >= 0.3 is 0 Å². The first-order valence-corrected chi connectivity index (χ1v) is 6.18. The van der Waals surface area contributed by atoms with Crippen LogP contribution in [-0.2, 0) is 6.54 Å². The van der Waals surface area contributed by atoms with Crippen LogP contribution in [-0.4, -0.2) is 11.4 Å². The third-order valence-corrected chi connectivity index (χ3v) is 3.58. The van der Waals surface area contributed by atoms with Crippen LogP contribution in [0.3, 0.4) is 0 Å². The third-order valence-electron chi connectivity index (χ3n) is 1.83. The molecule has 1 unspecified atom stereocenters. The van der Waals surface area contributed by atoms with Gasteiger partial charge in [0.15, 0.2) is 0 Å². The van der Waals surface area contributed by atoms with Crippen LogP contribution in [0.4, 0.5) is 0 Å². The molecule has 0 aliphatic carbocycles. The van der Waals surface area contributed by atoms with E-state index in [-0.39, 0.29) is 0 Å². The van der Waals surface area contributed by atoms with Crippen molar-refractivity contribution in [3.8, 4) is 0 Å². The van der Waals surface area contributed by atoms with Gasteiger partial charge in [-0.1, -0.05) is 50.1 Å². The van der Waals surface area contributed by atoms with E-state index in [2.05, 4.69) is 62.3 Å². The number of nitrogens with one attached hydrogen (secondary N) is 1. The van der Waals surface area contributed by atoms with Crippen molar-refractivity contribution < 1.29 is 0 Å². The van der Waals surface area contributed by atoms with Crippen LogP contribution in [0.5, 0.6) is 0 Å². The molecule has 0 aliphatic heterocycles. The molecule has 1 rings (SSSR count). The zero-order valence-corrected chi connectivity index (χ0v) is 10.7. The Bertz CT molecular complexity index is 263. The summed E-state index contributed by atoms with van der Waals surface area (Å²) in [6, 6.07) is 8.78. The summed E-state index contributed by atoms with van der Waals surface area (Å²) in [6.07, 6.45) is 0. The number of rotatable bonds is 4. The molecule has 0 spiro atoms. The van der Waals surface area contributed by atoms with Gasteiger partial charge in [-0.05, 0) is 18.6 Å². The monoisotopic (exact) mass is 305 g/mol. The fourth-order valence-corrected chi connectivity index (χ4v) is 1.63. The molecule has 0 heterocycles. The molecule has 1 N–H and O–H groups in total. The van der Waals surface area contributed by atoms with Gasteiger partial charge in [0.1, 0.15) is 0 Å². The maximum absolute atomic E-state index is 3.52. The lowest BCUT2D eigenvalue weighted by molar-refractivity contribution is 0.597. The largest absolute Gasteiger partial charge is 0.309 e. The van der Waals surface area contributed by atoms with Crippen LogP contribution in [0.1, 0.15) is 12.5 Å². The number of hydrogen-bond donors (Lipinski definition) is 1. The van der Waals surface area contributed by atoms with Crippen LogP contribution in [0, 0.1) is 0 Å². The van der Waals surface area contributed by atoms with E-state index < -0.39 is 0 Å². The standard InChI is InChI=1S/C10H13Br2N/c1-8(6-11)13-7-9-4-2-3-5-10(9)12/h2-5,8,13H,6-7H2,1H3. The summed E-state index contributed by atoms with van der Waals surface area (Å²) in [6.45, 7) is 3.07. The summed E-state index contributed by atoms with van der Waals surface area (Å²) in [5, 5.41) is 4.40. The Balaban J connectivity index is 2.50. The molecule has 0 amide bonds. The quantitative estimate of drug-likeness (QED) is 0.842. The normalized spacial score (nSPS) is 12.8. The fourth-order valence-electron chi connectivity index (χ4n) is 0.981. The minimum absolute atomic E-state index is 0.507. The smallest absolute Gasteiger partial charge is 0.0220 e. The molecule has 1 atom stereocenters. The lowest BCUT2D eigenvalue weighted by Gasteiger charge is -2.11. The molecular weight excluding hydrogens is 294 g/mol. The molecule has 1 aromatic rings. The molecule has 1 aromatic carbocycles.